The van der Waals surface area contributed by atoms with E-state index in [1.807, 2.05) is 24.3 Å². The van der Waals surface area contributed by atoms with Crippen molar-refractivity contribution in [2.45, 2.75) is 0 Å². The predicted octanol–water partition coefficient (Wildman–Crippen LogP) is 3.37. The summed E-state index contributed by atoms with van der Waals surface area (Å²) in [6.07, 6.45) is 0. The molecular formula is C13H11ClIN3O. The summed E-state index contributed by atoms with van der Waals surface area (Å²) in [7, 11) is 0. The first-order valence-electron chi connectivity index (χ1n) is 5.39. The molecule has 0 aliphatic heterocycles. The van der Waals surface area contributed by atoms with Crippen molar-refractivity contribution >= 4 is 57.2 Å². The molecule has 0 aliphatic rings. The van der Waals surface area contributed by atoms with E-state index in [4.69, 9.17) is 23.1 Å². The van der Waals surface area contributed by atoms with Gasteiger partial charge in [-0.2, -0.15) is 0 Å². The number of primary amides is 1. The normalized spacial score (nSPS) is 10.2. The molecule has 98 valence electrons. The third-order valence-electron chi connectivity index (χ3n) is 2.51. The molecule has 2 rings (SSSR count). The second-order valence-electron chi connectivity index (χ2n) is 3.89. The highest BCUT2D eigenvalue weighted by Gasteiger charge is 2.14. The van der Waals surface area contributed by atoms with Crippen LogP contribution in [-0.4, -0.2) is 5.91 Å². The molecule has 0 atom stereocenters. The zero-order valence-electron chi connectivity index (χ0n) is 9.78. The molecule has 0 heterocycles. The lowest BCUT2D eigenvalue weighted by Gasteiger charge is -2.14. The number of hydrogen-bond acceptors (Lipinski definition) is 3. The van der Waals surface area contributed by atoms with Crippen molar-refractivity contribution in [2.75, 3.05) is 11.1 Å². The van der Waals surface area contributed by atoms with Crippen LogP contribution in [0.1, 0.15) is 10.4 Å². The van der Waals surface area contributed by atoms with Crippen LogP contribution in [-0.2, 0) is 0 Å². The van der Waals surface area contributed by atoms with Crippen LogP contribution in [0.4, 0.5) is 17.1 Å². The van der Waals surface area contributed by atoms with E-state index < -0.39 is 5.91 Å². The number of carbonyl (C=O) groups is 1. The molecule has 0 radical (unpaired) electrons. The smallest absolute Gasteiger partial charge is 0.250 e. The van der Waals surface area contributed by atoms with Crippen molar-refractivity contribution in [3.63, 3.8) is 0 Å². The minimum Gasteiger partial charge on any atom is -0.399 e. The minimum atomic E-state index is -0.581. The van der Waals surface area contributed by atoms with Crippen molar-refractivity contribution in [3.05, 3.63) is 50.6 Å². The van der Waals surface area contributed by atoms with Gasteiger partial charge < -0.3 is 16.8 Å². The summed E-state index contributed by atoms with van der Waals surface area (Å²) in [5.41, 5.74) is 13.0. The Morgan fingerprint density at radius 1 is 1.26 bits per heavy atom. The molecule has 19 heavy (non-hydrogen) atoms. The number of benzene rings is 2. The Labute approximate surface area is 129 Å². The van der Waals surface area contributed by atoms with Gasteiger partial charge >= 0.3 is 0 Å². The van der Waals surface area contributed by atoms with Crippen LogP contribution in [0.15, 0.2) is 36.4 Å². The van der Waals surface area contributed by atoms with Gasteiger partial charge in [0, 0.05) is 9.26 Å². The zero-order chi connectivity index (χ0) is 14.0. The zero-order valence-corrected chi connectivity index (χ0v) is 12.7. The van der Waals surface area contributed by atoms with E-state index in [0.717, 1.165) is 9.26 Å². The molecule has 0 spiro atoms. The first-order chi connectivity index (χ1) is 8.99. The van der Waals surface area contributed by atoms with Crippen LogP contribution >= 0.6 is 34.2 Å². The summed E-state index contributed by atoms with van der Waals surface area (Å²) >= 11 is 8.32. The first-order valence-corrected chi connectivity index (χ1v) is 6.85. The van der Waals surface area contributed by atoms with Crippen molar-refractivity contribution in [3.8, 4) is 0 Å². The molecule has 0 fully saturated rings. The number of nitrogen functional groups attached to an aromatic ring is 1. The molecule has 1 amide bonds. The van der Waals surface area contributed by atoms with Crippen molar-refractivity contribution in [1.29, 1.82) is 0 Å². The average Bonchev–Trinajstić information content (AvgIpc) is 2.34. The number of anilines is 3. The third-order valence-corrected chi connectivity index (χ3v) is 3.75. The average molecular weight is 388 g/mol. The Hall–Kier alpha value is -1.47. The summed E-state index contributed by atoms with van der Waals surface area (Å²) in [5.74, 6) is -0.581. The molecule has 4 nitrogen and oxygen atoms in total. The van der Waals surface area contributed by atoms with Gasteiger partial charge in [-0.15, -0.1) is 0 Å². The van der Waals surface area contributed by atoms with Gasteiger partial charge in [0.05, 0.1) is 22.0 Å². The van der Waals surface area contributed by atoms with Gasteiger partial charge in [-0.25, -0.2) is 0 Å². The first kappa shape index (κ1) is 14.0. The molecule has 6 heteroatoms. The molecule has 0 aromatic heterocycles. The van der Waals surface area contributed by atoms with Gasteiger partial charge in [0.25, 0.3) is 5.91 Å². The summed E-state index contributed by atoms with van der Waals surface area (Å²) in [4.78, 5) is 11.5. The predicted molar refractivity (Wildman–Crippen MR) is 86.8 cm³/mol. The van der Waals surface area contributed by atoms with E-state index in [0.29, 0.717) is 16.4 Å². The molecule has 0 saturated carbocycles. The van der Waals surface area contributed by atoms with Crippen LogP contribution in [0.5, 0.6) is 0 Å². The topological polar surface area (TPSA) is 81.1 Å². The lowest BCUT2D eigenvalue weighted by atomic mass is 10.1. The molecule has 2 aromatic rings. The van der Waals surface area contributed by atoms with Gasteiger partial charge in [-0.05, 0) is 46.9 Å². The monoisotopic (exact) mass is 387 g/mol. The summed E-state index contributed by atoms with van der Waals surface area (Å²) in [6.45, 7) is 0. The number of rotatable bonds is 3. The van der Waals surface area contributed by atoms with E-state index >= 15 is 0 Å². The van der Waals surface area contributed by atoms with Crippen molar-refractivity contribution in [2.24, 2.45) is 5.73 Å². The number of nitrogens with one attached hydrogen (secondary N) is 1. The van der Waals surface area contributed by atoms with Gasteiger partial charge in [0.15, 0.2) is 0 Å². The second-order valence-corrected chi connectivity index (χ2v) is 5.46. The highest BCUT2D eigenvalue weighted by Crippen LogP contribution is 2.32. The standard InChI is InChI=1S/C13H11ClIN3O/c14-9-6-7(16)5-8(13(17)19)12(9)18-11-4-2-1-3-10(11)15/h1-6,18H,16H2,(H2,17,19). The van der Waals surface area contributed by atoms with Crippen molar-refractivity contribution < 1.29 is 4.79 Å². The summed E-state index contributed by atoms with van der Waals surface area (Å²) < 4.78 is 1.00. The highest BCUT2D eigenvalue weighted by atomic mass is 127. The molecule has 0 saturated heterocycles. The molecule has 0 unspecified atom stereocenters. The minimum absolute atomic E-state index is 0.268. The van der Waals surface area contributed by atoms with E-state index in [1.165, 1.54) is 6.07 Å². The van der Waals surface area contributed by atoms with Crippen molar-refractivity contribution in [1.82, 2.24) is 0 Å². The Bertz CT molecular complexity index is 646. The Balaban J connectivity index is 2.51. The van der Waals surface area contributed by atoms with E-state index in [-0.39, 0.29) is 5.56 Å². The van der Waals surface area contributed by atoms with Crippen LogP contribution in [0.25, 0.3) is 0 Å². The Morgan fingerprint density at radius 2 is 1.95 bits per heavy atom. The quantitative estimate of drug-likeness (QED) is 0.558. The fourth-order valence-electron chi connectivity index (χ4n) is 1.65. The van der Waals surface area contributed by atoms with Crippen LogP contribution in [0.3, 0.4) is 0 Å². The maximum Gasteiger partial charge on any atom is 0.250 e. The molecule has 2 aromatic carbocycles. The van der Waals surface area contributed by atoms with Crippen LogP contribution in [0.2, 0.25) is 5.02 Å². The van der Waals surface area contributed by atoms with Gasteiger partial charge in [0.1, 0.15) is 0 Å². The second kappa shape index (κ2) is 5.66. The van der Waals surface area contributed by atoms with Crippen LogP contribution in [0, 0.1) is 3.57 Å². The third kappa shape index (κ3) is 3.10. The number of nitrogens with two attached hydrogens (primary N) is 2. The van der Waals surface area contributed by atoms with E-state index in [9.17, 15) is 4.79 Å². The number of hydrogen-bond donors (Lipinski definition) is 3. The van der Waals surface area contributed by atoms with E-state index in [1.54, 1.807) is 6.07 Å². The number of amides is 1. The highest BCUT2D eigenvalue weighted by molar-refractivity contribution is 14.1. The summed E-state index contributed by atoms with van der Waals surface area (Å²) in [5, 5.41) is 3.48. The molecule has 5 N–H and O–H groups in total. The maximum absolute atomic E-state index is 11.5. The molecule has 0 aliphatic carbocycles. The largest absolute Gasteiger partial charge is 0.399 e. The van der Waals surface area contributed by atoms with E-state index in [2.05, 4.69) is 27.9 Å². The number of halogens is 2. The van der Waals surface area contributed by atoms with Gasteiger partial charge in [-0.1, -0.05) is 23.7 Å². The summed E-state index contributed by atoms with van der Waals surface area (Å²) in [6, 6.07) is 10.7. The lowest BCUT2D eigenvalue weighted by Crippen LogP contribution is -2.14. The fourth-order valence-corrected chi connectivity index (χ4v) is 2.44. The number of para-hydroxylation sites is 1. The lowest BCUT2D eigenvalue weighted by molar-refractivity contribution is 0.100. The molecular weight excluding hydrogens is 377 g/mol. The van der Waals surface area contributed by atoms with Gasteiger partial charge in [-0.3, -0.25) is 4.79 Å². The SMILES string of the molecule is NC(=O)c1cc(N)cc(Cl)c1Nc1ccccc1I. The number of carbonyl (C=O) groups excluding carboxylic acids is 1. The fraction of sp³-hybridized carbons (Fsp3) is 0. The molecule has 0 bridgehead atoms. The van der Waals surface area contributed by atoms with Crippen LogP contribution < -0.4 is 16.8 Å². The Kier molecular flexibility index (Phi) is 4.16. The maximum atomic E-state index is 11.5. The Morgan fingerprint density at radius 3 is 2.58 bits per heavy atom. The van der Waals surface area contributed by atoms with Gasteiger partial charge in [0.2, 0.25) is 0 Å².